The van der Waals surface area contributed by atoms with Crippen molar-refractivity contribution in [3.05, 3.63) is 71.2 Å². The van der Waals surface area contributed by atoms with Crippen LogP contribution in [0.25, 0.3) is 16.7 Å². The van der Waals surface area contributed by atoms with Crippen LogP contribution in [-0.2, 0) is 9.47 Å². The molecular weight excluding hydrogens is 428 g/mol. The Balaban J connectivity index is 1.55. The van der Waals surface area contributed by atoms with Crippen LogP contribution in [0.5, 0.6) is 0 Å². The molecule has 0 amide bonds. The highest BCUT2D eigenvalue weighted by atomic mass is 16.5. The number of anilines is 1. The van der Waals surface area contributed by atoms with Gasteiger partial charge < -0.3 is 18.9 Å². The maximum absolute atomic E-state index is 5.73. The Morgan fingerprint density at radius 1 is 1.12 bits per heavy atom. The molecule has 34 heavy (non-hydrogen) atoms. The van der Waals surface area contributed by atoms with Gasteiger partial charge in [-0.15, -0.1) is 0 Å². The number of pyridine rings is 1. The van der Waals surface area contributed by atoms with E-state index in [9.17, 15) is 0 Å². The number of rotatable bonds is 5. The molecule has 6 rings (SSSR count). The van der Waals surface area contributed by atoms with Crippen molar-refractivity contribution < 1.29 is 14.0 Å². The summed E-state index contributed by atoms with van der Waals surface area (Å²) in [6.07, 6.45) is 5.95. The molecule has 0 N–H and O–H groups in total. The number of aryl methyl sites for hydroxylation is 2. The lowest BCUT2D eigenvalue weighted by Crippen LogP contribution is -2.41. The van der Waals surface area contributed by atoms with E-state index in [2.05, 4.69) is 51.4 Å². The highest BCUT2D eigenvalue weighted by Crippen LogP contribution is 2.51. The van der Waals surface area contributed by atoms with Crippen molar-refractivity contribution >= 4 is 17.5 Å². The van der Waals surface area contributed by atoms with Crippen molar-refractivity contribution in [3.8, 4) is 11.1 Å². The molecule has 7 heteroatoms. The van der Waals surface area contributed by atoms with Gasteiger partial charge in [-0.05, 0) is 44.2 Å². The van der Waals surface area contributed by atoms with Crippen LogP contribution in [0, 0.1) is 19.8 Å². The minimum atomic E-state index is -0.0228. The maximum Gasteiger partial charge on any atom is 0.220 e. The van der Waals surface area contributed by atoms with Gasteiger partial charge in [0.05, 0.1) is 41.8 Å². The molecule has 0 spiro atoms. The van der Waals surface area contributed by atoms with E-state index in [4.69, 9.17) is 19.0 Å². The largest absolute Gasteiger partial charge is 0.481 e. The SMILES string of the molecule is COC1=C2c3ncc(-c4c(C)noc4C)cc3N([C@H](c3ccccc3)C3CCOCC3)C2C=N1. The van der Waals surface area contributed by atoms with E-state index >= 15 is 0 Å². The average Bonchev–Trinajstić information content (AvgIpc) is 3.53. The van der Waals surface area contributed by atoms with Gasteiger partial charge in [-0.1, -0.05) is 35.5 Å². The molecule has 1 fully saturated rings. The first kappa shape index (κ1) is 21.1. The molecule has 7 nitrogen and oxygen atoms in total. The summed E-state index contributed by atoms with van der Waals surface area (Å²) in [4.78, 5) is 12.1. The summed E-state index contributed by atoms with van der Waals surface area (Å²) >= 11 is 0. The Bertz CT molecular complexity index is 1250. The zero-order chi connectivity index (χ0) is 23.2. The number of methoxy groups -OCH3 is 1. The number of hydrogen-bond acceptors (Lipinski definition) is 7. The van der Waals surface area contributed by atoms with Gasteiger partial charge in [-0.25, -0.2) is 4.99 Å². The Morgan fingerprint density at radius 2 is 1.91 bits per heavy atom. The van der Waals surface area contributed by atoms with E-state index < -0.39 is 0 Å². The Morgan fingerprint density at radius 3 is 2.62 bits per heavy atom. The molecule has 3 aliphatic rings. The lowest BCUT2D eigenvalue weighted by molar-refractivity contribution is 0.0573. The molecule has 3 aromatic rings. The standard InChI is InChI=1S/C27H28N4O3/c1-16-23(17(2)34-30-16)20-13-21-25(28-14-20)24-22(15-29-27(24)32-3)31(21)26(18-7-5-4-6-8-18)19-9-11-33-12-10-19/h4-8,13-15,19,22,26H,9-12H2,1-3H3/t22?,26-/m1/s1. The molecule has 174 valence electrons. The molecule has 1 aromatic carbocycles. The van der Waals surface area contributed by atoms with E-state index in [1.807, 2.05) is 26.3 Å². The zero-order valence-corrected chi connectivity index (χ0v) is 19.7. The summed E-state index contributed by atoms with van der Waals surface area (Å²) in [5.41, 5.74) is 7.24. The van der Waals surface area contributed by atoms with Gasteiger partial charge in [0.1, 0.15) is 5.76 Å². The molecule has 1 saturated heterocycles. The molecule has 0 bridgehead atoms. The summed E-state index contributed by atoms with van der Waals surface area (Å²) in [7, 11) is 1.68. The van der Waals surface area contributed by atoms with Gasteiger partial charge in [0, 0.05) is 36.8 Å². The fraction of sp³-hybridized carbons (Fsp3) is 0.370. The zero-order valence-electron chi connectivity index (χ0n) is 19.7. The van der Waals surface area contributed by atoms with Gasteiger partial charge in [-0.2, -0.15) is 0 Å². The van der Waals surface area contributed by atoms with E-state index in [1.54, 1.807) is 7.11 Å². The number of ether oxygens (including phenoxy) is 2. The first-order chi connectivity index (χ1) is 16.7. The van der Waals surface area contributed by atoms with Gasteiger partial charge in [0.15, 0.2) is 0 Å². The number of nitrogens with zero attached hydrogens (tertiary/aromatic N) is 4. The Kier molecular flexibility index (Phi) is 5.21. The van der Waals surface area contributed by atoms with Crippen molar-refractivity contribution in [2.75, 3.05) is 25.2 Å². The van der Waals surface area contributed by atoms with Gasteiger partial charge in [0.25, 0.3) is 0 Å². The molecule has 2 aromatic heterocycles. The third kappa shape index (κ3) is 3.26. The second-order valence-electron chi connectivity index (χ2n) is 9.15. The number of benzene rings is 1. The summed E-state index contributed by atoms with van der Waals surface area (Å²) in [6, 6.07) is 13.2. The van der Waals surface area contributed by atoms with Crippen LogP contribution in [0.15, 0.2) is 58.0 Å². The first-order valence-electron chi connectivity index (χ1n) is 11.8. The quantitative estimate of drug-likeness (QED) is 0.531. The van der Waals surface area contributed by atoms with Crippen LogP contribution >= 0.6 is 0 Å². The van der Waals surface area contributed by atoms with Crippen LogP contribution in [0.4, 0.5) is 5.69 Å². The molecule has 0 aliphatic carbocycles. The summed E-state index contributed by atoms with van der Waals surface area (Å²) in [5.74, 6) is 1.89. The predicted octanol–water partition coefficient (Wildman–Crippen LogP) is 5.11. The summed E-state index contributed by atoms with van der Waals surface area (Å²) < 4.78 is 16.9. The Hall–Kier alpha value is -3.45. The van der Waals surface area contributed by atoms with E-state index in [0.717, 1.165) is 65.6 Å². The second kappa shape index (κ2) is 8.40. The van der Waals surface area contributed by atoms with Gasteiger partial charge >= 0.3 is 0 Å². The molecule has 0 radical (unpaired) electrons. The van der Waals surface area contributed by atoms with Crippen molar-refractivity contribution in [1.82, 2.24) is 10.1 Å². The van der Waals surface area contributed by atoms with Crippen molar-refractivity contribution in [3.63, 3.8) is 0 Å². The third-order valence-corrected chi connectivity index (χ3v) is 7.23. The lowest BCUT2D eigenvalue weighted by Gasteiger charge is -2.40. The van der Waals surface area contributed by atoms with Crippen LogP contribution in [-0.4, -0.2) is 42.7 Å². The number of fused-ring (bicyclic) bond motifs is 3. The average molecular weight is 457 g/mol. The molecule has 0 saturated carbocycles. The highest BCUT2D eigenvalue weighted by Gasteiger charge is 2.46. The fourth-order valence-corrected chi connectivity index (χ4v) is 5.73. The Labute approximate surface area is 199 Å². The molecule has 5 heterocycles. The van der Waals surface area contributed by atoms with Crippen LogP contribution in [0.1, 0.15) is 41.6 Å². The first-order valence-corrected chi connectivity index (χ1v) is 11.8. The molecular formula is C27H28N4O3. The second-order valence-corrected chi connectivity index (χ2v) is 9.15. The van der Waals surface area contributed by atoms with E-state index in [-0.39, 0.29) is 12.1 Å². The minimum Gasteiger partial charge on any atom is -0.481 e. The monoisotopic (exact) mass is 456 g/mol. The van der Waals surface area contributed by atoms with E-state index in [1.165, 1.54) is 5.56 Å². The number of aromatic nitrogens is 2. The van der Waals surface area contributed by atoms with Crippen LogP contribution in [0.2, 0.25) is 0 Å². The minimum absolute atomic E-state index is 0.0228. The maximum atomic E-state index is 5.73. The third-order valence-electron chi connectivity index (χ3n) is 7.23. The van der Waals surface area contributed by atoms with E-state index in [0.29, 0.717) is 11.8 Å². The lowest BCUT2D eigenvalue weighted by atomic mass is 9.85. The highest BCUT2D eigenvalue weighted by molar-refractivity contribution is 6.03. The van der Waals surface area contributed by atoms with Crippen LogP contribution in [0.3, 0.4) is 0 Å². The van der Waals surface area contributed by atoms with Crippen LogP contribution < -0.4 is 4.90 Å². The molecule has 1 unspecified atom stereocenters. The molecule has 2 atom stereocenters. The van der Waals surface area contributed by atoms with Gasteiger partial charge in [0.2, 0.25) is 5.88 Å². The van der Waals surface area contributed by atoms with Gasteiger partial charge in [-0.3, -0.25) is 4.98 Å². The smallest absolute Gasteiger partial charge is 0.220 e. The number of hydrogen-bond donors (Lipinski definition) is 0. The van der Waals surface area contributed by atoms with Crippen molar-refractivity contribution in [2.24, 2.45) is 10.9 Å². The number of aliphatic imine (C=N–C) groups is 1. The normalized spacial score (nSPS) is 20.6. The molecule has 3 aliphatic heterocycles. The predicted molar refractivity (Wildman–Crippen MR) is 131 cm³/mol. The fourth-order valence-electron chi connectivity index (χ4n) is 5.73. The summed E-state index contributed by atoms with van der Waals surface area (Å²) in [5, 5.41) is 4.16. The summed E-state index contributed by atoms with van der Waals surface area (Å²) in [6.45, 7) is 5.49. The topological polar surface area (TPSA) is 73.0 Å². The van der Waals surface area contributed by atoms with Crippen molar-refractivity contribution in [1.29, 1.82) is 0 Å². The van der Waals surface area contributed by atoms with Crippen molar-refractivity contribution in [2.45, 2.75) is 38.8 Å².